The average molecular weight is 515 g/mol. The van der Waals surface area contributed by atoms with E-state index in [1.54, 1.807) is 30.5 Å². The van der Waals surface area contributed by atoms with E-state index in [0.717, 1.165) is 11.8 Å². The zero-order valence-electron chi connectivity index (χ0n) is 17.4. The van der Waals surface area contributed by atoms with Crippen LogP contribution in [-0.2, 0) is 6.61 Å². The summed E-state index contributed by atoms with van der Waals surface area (Å²) in [5, 5.41) is 23.8. The number of aromatic nitrogens is 1. The molecule has 0 aliphatic rings. The van der Waals surface area contributed by atoms with Gasteiger partial charge in [-0.15, -0.1) is 0 Å². The average Bonchev–Trinajstić information content (AvgIpc) is 2.80. The number of aromatic carboxylic acids is 1. The van der Waals surface area contributed by atoms with Crippen LogP contribution in [0.25, 0.3) is 0 Å². The summed E-state index contributed by atoms with van der Waals surface area (Å²) in [5.74, 6) is 0.388. The normalized spacial score (nSPS) is 10.7. The maximum absolute atomic E-state index is 11.0. The molecule has 0 bridgehead atoms. The van der Waals surface area contributed by atoms with Crippen molar-refractivity contribution < 1.29 is 24.3 Å². The second-order valence-electron chi connectivity index (χ2n) is 6.57. The number of hydrogen-bond acceptors (Lipinski definition) is 8. The summed E-state index contributed by atoms with van der Waals surface area (Å²) in [6, 6.07) is 12.7. The van der Waals surface area contributed by atoms with Crippen molar-refractivity contribution in [2.45, 2.75) is 13.5 Å². The van der Waals surface area contributed by atoms with E-state index in [0.29, 0.717) is 34.0 Å². The molecular formula is C22H19BrN4O6. The van der Waals surface area contributed by atoms with E-state index in [-0.39, 0.29) is 17.9 Å². The third-order valence-corrected chi connectivity index (χ3v) is 4.99. The SMILES string of the molecule is CCOc1cc(/C=N/Nc2ccc([N+](=O)[O-])cn2)c(Br)cc1OCc1ccc(C(=O)O)cc1. The molecule has 3 rings (SSSR count). The number of nitrogens with zero attached hydrogens (tertiary/aromatic N) is 3. The van der Waals surface area contributed by atoms with Crippen LogP contribution in [0.5, 0.6) is 11.5 Å². The highest BCUT2D eigenvalue weighted by Crippen LogP contribution is 2.34. The number of benzene rings is 2. The van der Waals surface area contributed by atoms with Gasteiger partial charge in [0.2, 0.25) is 0 Å². The zero-order valence-corrected chi connectivity index (χ0v) is 19.0. The molecule has 0 amide bonds. The van der Waals surface area contributed by atoms with Gasteiger partial charge in [0.15, 0.2) is 11.5 Å². The fourth-order valence-corrected chi connectivity index (χ4v) is 3.09. The van der Waals surface area contributed by atoms with Crippen molar-refractivity contribution in [1.82, 2.24) is 4.98 Å². The number of hydrogen-bond donors (Lipinski definition) is 2. The maximum atomic E-state index is 11.0. The van der Waals surface area contributed by atoms with Crippen LogP contribution < -0.4 is 14.9 Å². The summed E-state index contributed by atoms with van der Waals surface area (Å²) in [5.41, 5.74) is 4.32. The predicted octanol–water partition coefficient (Wildman–Crippen LogP) is 4.87. The van der Waals surface area contributed by atoms with Crippen LogP contribution in [0.15, 0.2) is 64.3 Å². The first-order chi connectivity index (χ1) is 15.9. The first kappa shape index (κ1) is 23.7. The minimum atomic E-state index is -0.985. The second kappa shape index (κ2) is 11.0. The van der Waals surface area contributed by atoms with Crippen molar-refractivity contribution in [2.24, 2.45) is 5.10 Å². The summed E-state index contributed by atoms with van der Waals surface area (Å²) < 4.78 is 12.3. The molecule has 2 aromatic carbocycles. The number of carbonyl (C=O) groups is 1. The highest BCUT2D eigenvalue weighted by atomic mass is 79.9. The summed E-state index contributed by atoms with van der Waals surface area (Å²) in [6.07, 6.45) is 2.69. The number of hydrazone groups is 1. The summed E-state index contributed by atoms with van der Waals surface area (Å²) in [6.45, 7) is 2.51. The summed E-state index contributed by atoms with van der Waals surface area (Å²) in [7, 11) is 0. The van der Waals surface area contributed by atoms with E-state index in [1.165, 1.54) is 24.3 Å². The van der Waals surface area contributed by atoms with Gasteiger partial charge in [-0.2, -0.15) is 5.10 Å². The molecule has 2 N–H and O–H groups in total. The lowest BCUT2D eigenvalue weighted by molar-refractivity contribution is -0.385. The van der Waals surface area contributed by atoms with Crippen molar-refractivity contribution in [3.63, 3.8) is 0 Å². The maximum Gasteiger partial charge on any atom is 0.335 e. The number of ether oxygens (including phenoxy) is 2. The Morgan fingerprint density at radius 1 is 1.21 bits per heavy atom. The Bertz CT molecular complexity index is 1170. The van der Waals surface area contributed by atoms with Gasteiger partial charge in [-0.1, -0.05) is 12.1 Å². The Morgan fingerprint density at radius 2 is 1.94 bits per heavy atom. The topological polar surface area (TPSA) is 136 Å². The lowest BCUT2D eigenvalue weighted by Gasteiger charge is -2.14. The molecule has 3 aromatic rings. The van der Waals surface area contributed by atoms with E-state index < -0.39 is 10.9 Å². The lowest BCUT2D eigenvalue weighted by atomic mass is 10.1. The van der Waals surface area contributed by atoms with Gasteiger partial charge in [0.1, 0.15) is 18.6 Å². The van der Waals surface area contributed by atoms with Crippen molar-refractivity contribution >= 4 is 39.6 Å². The molecule has 0 aliphatic carbocycles. The molecule has 0 radical (unpaired) electrons. The third-order valence-electron chi connectivity index (χ3n) is 4.30. The molecule has 0 aliphatic heterocycles. The Labute approximate surface area is 197 Å². The number of nitro groups is 1. The number of carboxylic acids is 1. The molecule has 0 unspecified atom stereocenters. The Balaban J connectivity index is 1.70. The van der Waals surface area contributed by atoms with Gasteiger partial charge < -0.3 is 14.6 Å². The quantitative estimate of drug-likeness (QED) is 0.222. The molecule has 0 spiro atoms. The number of nitrogens with one attached hydrogen (secondary N) is 1. The fourth-order valence-electron chi connectivity index (χ4n) is 2.66. The zero-order chi connectivity index (χ0) is 23.8. The molecule has 33 heavy (non-hydrogen) atoms. The van der Waals surface area contributed by atoms with Crippen LogP contribution in [-0.4, -0.2) is 33.8 Å². The van der Waals surface area contributed by atoms with Crippen LogP contribution in [0.4, 0.5) is 11.5 Å². The number of halogens is 1. The van der Waals surface area contributed by atoms with Gasteiger partial charge >= 0.3 is 5.97 Å². The van der Waals surface area contributed by atoms with Gasteiger partial charge in [0.05, 0.1) is 23.3 Å². The molecule has 0 saturated carbocycles. The highest BCUT2D eigenvalue weighted by molar-refractivity contribution is 9.10. The smallest absolute Gasteiger partial charge is 0.335 e. The minimum absolute atomic E-state index is 0.109. The fraction of sp³-hybridized carbons (Fsp3) is 0.136. The first-order valence-corrected chi connectivity index (χ1v) is 10.5. The minimum Gasteiger partial charge on any atom is -0.490 e. The molecule has 170 valence electrons. The number of pyridine rings is 1. The van der Waals surface area contributed by atoms with E-state index in [2.05, 4.69) is 31.4 Å². The molecule has 1 aromatic heterocycles. The molecule has 0 saturated heterocycles. The predicted molar refractivity (Wildman–Crippen MR) is 125 cm³/mol. The third kappa shape index (κ3) is 6.50. The summed E-state index contributed by atoms with van der Waals surface area (Å²) >= 11 is 3.49. The van der Waals surface area contributed by atoms with Crippen LogP contribution in [0.3, 0.4) is 0 Å². The molecular weight excluding hydrogens is 496 g/mol. The summed E-state index contributed by atoms with van der Waals surface area (Å²) in [4.78, 5) is 25.1. The van der Waals surface area contributed by atoms with Crippen molar-refractivity contribution in [2.75, 3.05) is 12.0 Å². The first-order valence-electron chi connectivity index (χ1n) is 9.68. The van der Waals surface area contributed by atoms with Crippen LogP contribution >= 0.6 is 15.9 Å². The number of anilines is 1. The van der Waals surface area contributed by atoms with Crippen molar-refractivity contribution in [1.29, 1.82) is 0 Å². The Kier molecular flexibility index (Phi) is 7.92. The van der Waals surface area contributed by atoms with Crippen LogP contribution in [0.1, 0.15) is 28.4 Å². The van der Waals surface area contributed by atoms with Gasteiger partial charge in [-0.25, -0.2) is 9.78 Å². The van der Waals surface area contributed by atoms with E-state index in [4.69, 9.17) is 14.6 Å². The molecule has 1 heterocycles. The number of rotatable bonds is 10. The largest absolute Gasteiger partial charge is 0.490 e. The monoisotopic (exact) mass is 514 g/mol. The second-order valence-corrected chi connectivity index (χ2v) is 7.43. The lowest BCUT2D eigenvalue weighted by Crippen LogP contribution is -2.02. The molecule has 11 heteroatoms. The standard InChI is InChI=1S/C22H19BrN4O6/c1-2-32-19-9-16(11-25-26-21-8-7-17(12-24-21)27(30)31)18(23)10-20(19)33-13-14-3-5-15(6-4-14)22(28)29/h3-12H,2,13H2,1H3,(H,24,26)(H,28,29)/b25-11+. The van der Waals surface area contributed by atoms with Crippen LogP contribution in [0, 0.1) is 10.1 Å². The Hall–Kier alpha value is -3.99. The highest BCUT2D eigenvalue weighted by Gasteiger charge is 2.11. The van der Waals surface area contributed by atoms with E-state index >= 15 is 0 Å². The van der Waals surface area contributed by atoms with Gasteiger partial charge in [-0.3, -0.25) is 15.5 Å². The van der Waals surface area contributed by atoms with Gasteiger partial charge in [0.25, 0.3) is 5.69 Å². The van der Waals surface area contributed by atoms with Crippen molar-refractivity contribution in [3.8, 4) is 11.5 Å². The van der Waals surface area contributed by atoms with E-state index in [9.17, 15) is 14.9 Å². The van der Waals surface area contributed by atoms with Crippen molar-refractivity contribution in [3.05, 3.63) is 86.0 Å². The van der Waals surface area contributed by atoms with Gasteiger partial charge in [-0.05, 0) is 58.7 Å². The van der Waals surface area contributed by atoms with E-state index in [1.807, 2.05) is 6.92 Å². The van der Waals surface area contributed by atoms with Crippen LogP contribution in [0.2, 0.25) is 0 Å². The molecule has 0 fully saturated rings. The van der Waals surface area contributed by atoms with Gasteiger partial charge in [0, 0.05) is 16.1 Å². The molecule has 10 nitrogen and oxygen atoms in total. The number of carboxylic acid groups (broad SMARTS) is 1. The molecule has 0 atom stereocenters. The Morgan fingerprint density at radius 3 is 2.55 bits per heavy atom.